The molecule has 0 saturated heterocycles. The van der Waals surface area contributed by atoms with Crippen molar-refractivity contribution in [3.63, 3.8) is 0 Å². The molecule has 0 bridgehead atoms. The second-order valence-electron chi connectivity index (χ2n) is 4.86. The smallest absolute Gasteiger partial charge is 0.358 e. The molecule has 2 unspecified atom stereocenters. The van der Waals surface area contributed by atoms with E-state index in [1.807, 2.05) is 25.1 Å². The summed E-state index contributed by atoms with van der Waals surface area (Å²) in [4.78, 5) is 11.3. The molecule has 1 heterocycles. The quantitative estimate of drug-likeness (QED) is 0.847. The van der Waals surface area contributed by atoms with Gasteiger partial charge in [-0.1, -0.05) is 18.2 Å². The van der Waals surface area contributed by atoms with Crippen molar-refractivity contribution in [2.24, 2.45) is 0 Å². The first-order chi connectivity index (χ1) is 9.99. The summed E-state index contributed by atoms with van der Waals surface area (Å²) in [6.45, 7) is 1.92. The minimum Gasteiger partial charge on any atom is -0.476 e. The third-order valence-corrected chi connectivity index (χ3v) is 3.91. The molecule has 6 nitrogen and oxygen atoms in total. The SMILES string of the molecule is CC(CCS(C)=O)Nc1c(C(=O)O)nnc2ccccc12. The van der Waals surface area contributed by atoms with E-state index in [9.17, 15) is 14.1 Å². The molecule has 21 heavy (non-hydrogen) atoms. The zero-order valence-corrected chi connectivity index (χ0v) is 12.7. The van der Waals surface area contributed by atoms with Gasteiger partial charge in [-0.2, -0.15) is 0 Å². The van der Waals surface area contributed by atoms with Crippen LogP contribution < -0.4 is 5.32 Å². The van der Waals surface area contributed by atoms with Gasteiger partial charge in [-0.15, -0.1) is 10.2 Å². The molecule has 1 aromatic carbocycles. The zero-order chi connectivity index (χ0) is 15.4. The Balaban J connectivity index is 2.37. The molecule has 0 aliphatic carbocycles. The Hall–Kier alpha value is -2.02. The van der Waals surface area contributed by atoms with Crippen LogP contribution in [0.2, 0.25) is 0 Å². The van der Waals surface area contributed by atoms with Crippen LogP contribution in [0.3, 0.4) is 0 Å². The first-order valence-corrected chi connectivity index (χ1v) is 8.27. The molecule has 2 aromatic rings. The van der Waals surface area contributed by atoms with Crippen molar-refractivity contribution < 1.29 is 14.1 Å². The number of carbonyl (C=O) groups is 1. The molecule has 2 rings (SSSR count). The van der Waals surface area contributed by atoms with Crippen LogP contribution in [0.1, 0.15) is 23.8 Å². The number of rotatable bonds is 6. The number of hydrogen-bond acceptors (Lipinski definition) is 5. The van der Waals surface area contributed by atoms with Crippen molar-refractivity contribution in [2.75, 3.05) is 17.3 Å². The third-order valence-electron chi connectivity index (χ3n) is 3.10. The second kappa shape index (κ2) is 6.62. The molecule has 2 atom stereocenters. The fourth-order valence-electron chi connectivity index (χ4n) is 2.01. The van der Waals surface area contributed by atoms with E-state index in [1.165, 1.54) is 0 Å². The Morgan fingerprint density at radius 3 is 2.76 bits per heavy atom. The van der Waals surface area contributed by atoms with Gasteiger partial charge in [0.05, 0.1) is 11.2 Å². The van der Waals surface area contributed by atoms with Crippen molar-refractivity contribution in [3.8, 4) is 0 Å². The van der Waals surface area contributed by atoms with Crippen molar-refractivity contribution in [2.45, 2.75) is 19.4 Å². The number of aromatic carboxylic acids is 1. The van der Waals surface area contributed by atoms with Crippen molar-refractivity contribution in [1.29, 1.82) is 0 Å². The maximum atomic E-state index is 11.3. The Morgan fingerprint density at radius 1 is 1.38 bits per heavy atom. The molecule has 0 saturated carbocycles. The maximum absolute atomic E-state index is 11.3. The van der Waals surface area contributed by atoms with Crippen molar-refractivity contribution in [3.05, 3.63) is 30.0 Å². The number of aromatic nitrogens is 2. The monoisotopic (exact) mass is 307 g/mol. The Morgan fingerprint density at radius 2 is 2.10 bits per heavy atom. The molecule has 0 aliphatic heterocycles. The second-order valence-corrected chi connectivity index (χ2v) is 6.41. The molecule has 2 N–H and O–H groups in total. The largest absolute Gasteiger partial charge is 0.476 e. The van der Waals surface area contributed by atoms with Gasteiger partial charge >= 0.3 is 5.97 Å². The summed E-state index contributed by atoms with van der Waals surface area (Å²) in [5.41, 5.74) is 0.997. The fraction of sp³-hybridized carbons (Fsp3) is 0.357. The third kappa shape index (κ3) is 3.75. The minimum atomic E-state index is -1.12. The molecule has 0 spiro atoms. The topological polar surface area (TPSA) is 92.2 Å². The van der Waals surface area contributed by atoms with Crippen LogP contribution >= 0.6 is 0 Å². The number of hydrogen-bond donors (Lipinski definition) is 2. The average molecular weight is 307 g/mol. The van der Waals surface area contributed by atoms with E-state index in [2.05, 4.69) is 15.5 Å². The highest BCUT2D eigenvalue weighted by atomic mass is 32.2. The molecule has 0 aliphatic rings. The number of nitrogens with zero attached hydrogens (tertiary/aromatic N) is 2. The van der Waals surface area contributed by atoms with E-state index in [1.54, 1.807) is 12.3 Å². The predicted octanol–water partition coefficient (Wildman–Crippen LogP) is 1.90. The Kier molecular flexibility index (Phi) is 4.85. The van der Waals surface area contributed by atoms with Crippen LogP contribution in [-0.4, -0.2) is 43.5 Å². The van der Waals surface area contributed by atoms with E-state index < -0.39 is 16.8 Å². The van der Waals surface area contributed by atoms with E-state index in [0.717, 1.165) is 5.39 Å². The molecular weight excluding hydrogens is 290 g/mol. The highest BCUT2D eigenvalue weighted by Crippen LogP contribution is 2.25. The number of carboxylic acids is 1. The molecule has 1 aromatic heterocycles. The van der Waals surface area contributed by atoms with E-state index in [0.29, 0.717) is 23.4 Å². The van der Waals surface area contributed by atoms with E-state index >= 15 is 0 Å². The van der Waals surface area contributed by atoms with E-state index in [4.69, 9.17) is 0 Å². The van der Waals surface area contributed by atoms with Crippen LogP contribution in [0.5, 0.6) is 0 Å². The van der Waals surface area contributed by atoms with Crippen LogP contribution in [0.4, 0.5) is 5.69 Å². The lowest BCUT2D eigenvalue weighted by Crippen LogP contribution is -2.21. The molecule has 112 valence electrons. The average Bonchev–Trinajstić information content (AvgIpc) is 2.45. The van der Waals surface area contributed by atoms with Gasteiger partial charge in [-0.05, 0) is 19.4 Å². The molecule has 7 heteroatoms. The summed E-state index contributed by atoms with van der Waals surface area (Å²) in [6, 6.07) is 7.23. The number of nitrogens with one attached hydrogen (secondary N) is 1. The first kappa shape index (κ1) is 15.4. The van der Waals surface area contributed by atoms with Gasteiger partial charge in [0.1, 0.15) is 0 Å². The number of fused-ring (bicyclic) bond motifs is 1. The normalized spacial score (nSPS) is 13.8. The Bertz CT molecular complexity index is 690. The lowest BCUT2D eigenvalue weighted by Gasteiger charge is -2.17. The lowest BCUT2D eigenvalue weighted by atomic mass is 10.1. The molecule has 0 amide bonds. The highest BCUT2D eigenvalue weighted by molar-refractivity contribution is 7.84. The molecule has 0 radical (unpaired) electrons. The van der Waals surface area contributed by atoms with Gasteiger partial charge < -0.3 is 10.4 Å². The number of anilines is 1. The van der Waals surface area contributed by atoms with Gasteiger partial charge in [-0.25, -0.2) is 4.79 Å². The Labute approximate surface area is 125 Å². The predicted molar refractivity (Wildman–Crippen MR) is 83.1 cm³/mol. The van der Waals surface area contributed by atoms with Gasteiger partial charge in [0.15, 0.2) is 5.69 Å². The number of benzene rings is 1. The molecular formula is C14H17N3O3S. The summed E-state index contributed by atoms with van der Waals surface area (Å²) in [5.74, 6) is -0.561. The van der Waals surface area contributed by atoms with Gasteiger partial charge in [0, 0.05) is 34.2 Å². The summed E-state index contributed by atoms with van der Waals surface area (Å²) in [6.07, 6.45) is 2.33. The van der Waals surface area contributed by atoms with Crippen molar-refractivity contribution in [1.82, 2.24) is 10.2 Å². The van der Waals surface area contributed by atoms with Gasteiger partial charge in [0.2, 0.25) is 0 Å². The van der Waals surface area contributed by atoms with Gasteiger partial charge in [0.25, 0.3) is 0 Å². The lowest BCUT2D eigenvalue weighted by molar-refractivity contribution is 0.0690. The number of carboxylic acid groups (broad SMARTS) is 1. The zero-order valence-electron chi connectivity index (χ0n) is 11.9. The minimum absolute atomic E-state index is 0.0143. The first-order valence-electron chi connectivity index (χ1n) is 6.54. The fourth-order valence-corrected chi connectivity index (χ4v) is 2.70. The van der Waals surface area contributed by atoms with Crippen LogP contribution in [0, 0.1) is 0 Å². The maximum Gasteiger partial charge on any atom is 0.358 e. The summed E-state index contributed by atoms with van der Waals surface area (Å²) < 4.78 is 11.2. The summed E-state index contributed by atoms with van der Waals surface area (Å²) >= 11 is 0. The van der Waals surface area contributed by atoms with Gasteiger partial charge in [-0.3, -0.25) is 4.21 Å². The van der Waals surface area contributed by atoms with E-state index in [-0.39, 0.29) is 11.7 Å². The van der Waals surface area contributed by atoms with Crippen LogP contribution in [-0.2, 0) is 10.8 Å². The summed E-state index contributed by atoms with van der Waals surface area (Å²) in [7, 11) is -0.870. The van der Waals surface area contributed by atoms with Crippen LogP contribution in [0.25, 0.3) is 10.9 Å². The summed E-state index contributed by atoms with van der Waals surface area (Å²) in [5, 5.41) is 20.9. The standard InChI is InChI=1S/C14H17N3O3S/c1-9(7-8-21(2)20)15-12-10-5-3-4-6-11(10)16-17-13(12)14(18)19/h3-6,9H,7-8H2,1-2H3,(H,15,16)(H,18,19). The van der Waals surface area contributed by atoms with Crippen molar-refractivity contribution >= 4 is 33.4 Å². The molecule has 0 fully saturated rings. The highest BCUT2D eigenvalue weighted by Gasteiger charge is 2.18. The van der Waals surface area contributed by atoms with Crippen LogP contribution in [0.15, 0.2) is 24.3 Å².